The van der Waals surface area contributed by atoms with Crippen LogP contribution in [0.15, 0.2) is 82.7 Å². The van der Waals surface area contributed by atoms with Gasteiger partial charge in [0.25, 0.3) is 5.56 Å². The van der Waals surface area contributed by atoms with Crippen molar-refractivity contribution in [2.75, 3.05) is 0 Å². The van der Waals surface area contributed by atoms with Crippen LogP contribution in [0.4, 0.5) is 0 Å². The Morgan fingerprint density at radius 2 is 1.76 bits per heavy atom. The van der Waals surface area contributed by atoms with E-state index in [-0.39, 0.29) is 11.3 Å². The summed E-state index contributed by atoms with van der Waals surface area (Å²) in [7, 11) is 0. The number of para-hydroxylation sites is 1. The molecule has 8 heteroatoms. The van der Waals surface area contributed by atoms with E-state index in [0.717, 1.165) is 5.56 Å². The summed E-state index contributed by atoms with van der Waals surface area (Å²) in [6.07, 6.45) is 0. The Morgan fingerprint density at radius 3 is 2.52 bits per heavy atom. The topological polar surface area (TPSA) is 69.3 Å². The molecule has 0 aliphatic heterocycles. The Kier molecular flexibility index (Phi) is 5.52. The van der Waals surface area contributed by atoms with Gasteiger partial charge < -0.3 is 0 Å². The summed E-state index contributed by atoms with van der Waals surface area (Å²) >= 11 is 7.36. The summed E-state index contributed by atoms with van der Waals surface area (Å²) in [4.78, 5) is 26.4. The maximum Gasteiger partial charge on any atom is 0.267 e. The average molecular weight is 475 g/mol. The number of ketones is 1. The van der Waals surface area contributed by atoms with E-state index in [1.54, 1.807) is 34.9 Å². The summed E-state index contributed by atoms with van der Waals surface area (Å²) in [6, 6.07) is 21.9. The first kappa shape index (κ1) is 21.4. The first-order valence-corrected chi connectivity index (χ1v) is 11.6. The number of hydrogen-bond donors (Lipinski definition) is 0. The van der Waals surface area contributed by atoms with Crippen LogP contribution in [-0.4, -0.2) is 30.2 Å². The highest BCUT2D eigenvalue weighted by Gasteiger charge is 2.23. The van der Waals surface area contributed by atoms with Crippen molar-refractivity contribution < 1.29 is 4.79 Å². The number of nitrogens with zero attached hydrogens (tertiary/aromatic N) is 4. The number of hydrogen-bond acceptors (Lipinski definition) is 5. The zero-order valence-corrected chi connectivity index (χ0v) is 19.5. The molecule has 2 heterocycles. The summed E-state index contributed by atoms with van der Waals surface area (Å²) in [5, 5.41) is 9.86. The quantitative estimate of drug-likeness (QED) is 0.253. The molecule has 1 atom stereocenters. The van der Waals surface area contributed by atoms with Crippen LogP contribution in [0.2, 0.25) is 5.02 Å². The van der Waals surface area contributed by atoms with E-state index in [9.17, 15) is 9.59 Å². The van der Waals surface area contributed by atoms with Crippen molar-refractivity contribution in [2.45, 2.75) is 24.3 Å². The molecule has 0 saturated carbocycles. The maximum absolute atomic E-state index is 13.4. The number of carbonyl (C=O) groups is 1. The number of rotatable bonds is 5. The highest BCUT2D eigenvalue weighted by molar-refractivity contribution is 8.00. The minimum absolute atomic E-state index is 0.0598. The van der Waals surface area contributed by atoms with Crippen molar-refractivity contribution in [1.82, 2.24) is 19.2 Å². The third-order valence-corrected chi connectivity index (χ3v) is 6.73. The van der Waals surface area contributed by atoms with E-state index in [0.29, 0.717) is 38.1 Å². The minimum Gasteiger partial charge on any atom is -0.293 e. The van der Waals surface area contributed by atoms with Gasteiger partial charge in [-0.3, -0.25) is 14.0 Å². The summed E-state index contributed by atoms with van der Waals surface area (Å²) in [5.74, 6) is 0.336. The highest BCUT2D eigenvalue weighted by Crippen LogP contribution is 2.28. The van der Waals surface area contributed by atoms with Gasteiger partial charge in [0.1, 0.15) is 0 Å². The first-order valence-electron chi connectivity index (χ1n) is 10.4. The van der Waals surface area contributed by atoms with Crippen LogP contribution >= 0.6 is 23.4 Å². The van der Waals surface area contributed by atoms with Crippen molar-refractivity contribution in [1.29, 1.82) is 0 Å². The van der Waals surface area contributed by atoms with E-state index < -0.39 is 5.25 Å². The Hall–Kier alpha value is -3.42. The number of aryl methyl sites for hydroxylation is 1. The van der Waals surface area contributed by atoms with Crippen molar-refractivity contribution in [3.63, 3.8) is 0 Å². The molecular weight excluding hydrogens is 456 g/mol. The predicted octanol–water partition coefficient (Wildman–Crippen LogP) is 5.36. The van der Waals surface area contributed by atoms with Gasteiger partial charge in [-0.2, -0.15) is 0 Å². The van der Waals surface area contributed by atoms with E-state index in [2.05, 4.69) is 10.2 Å². The lowest BCUT2D eigenvalue weighted by molar-refractivity contribution is 0.0994. The van der Waals surface area contributed by atoms with E-state index in [1.807, 2.05) is 60.7 Å². The second-order valence-electron chi connectivity index (χ2n) is 7.75. The number of thioether (sulfide) groups is 1. The van der Waals surface area contributed by atoms with Crippen molar-refractivity contribution in [3.8, 4) is 5.69 Å². The Bertz CT molecular complexity index is 1570. The second kappa shape index (κ2) is 8.50. The Labute approximate surface area is 198 Å². The molecule has 2 aromatic heterocycles. The molecule has 1 unspecified atom stereocenters. The molecule has 6 nitrogen and oxygen atoms in total. The standard InChI is InChI=1S/C25H19ClN4O2S/c1-15-10-12-19(13-11-15)29-23(32)20-8-3-4-9-21(20)30-24(29)27-28-25(30)33-16(2)22(31)17-6-5-7-18(26)14-17/h3-14,16H,1-2H3. The molecular formula is C25H19ClN4O2S. The number of Topliss-reactive ketones (excluding diaryl/α,β-unsaturated/α-hetero) is 1. The van der Waals surface area contributed by atoms with Crippen molar-refractivity contribution in [2.24, 2.45) is 0 Å². The number of benzene rings is 3. The second-order valence-corrected chi connectivity index (χ2v) is 9.49. The first-order chi connectivity index (χ1) is 15.9. The molecule has 5 rings (SSSR count). The normalized spacial score (nSPS) is 12.3. The molecule has 33 heavy (non-hydrogen) atoms. The molecule has 164 valence electrons. The Balaban J connectivity index is 1.66. The lowest BCUT2D eigenvalue weighted by Gasteiger charge is -2.13. The van der Waals surface area contributed by atoms with E-state index >= 15 is 0 Å². The lowest BCUT2D eigenvalue weighted by atomic mass is 10.1. The van der Waals surface area contributed by atoms with Crippen LogP contribution in [0.3, 0.4) is 0 Å². The number of aromatic nitrogens is 4. The molecule has 0 aliphatic rings. The van der Waals surface area contributed by atoms with Crippen LogP contribution in [0.5, 0.6) is 0 Å². The summed E-state index contributed by atoms with van der Waals surface area (Å²) < 4.78 is 3.39. The molecule has 0 radical (unpaired) electrons. The van der Waals surface area contributed by atoms with E-state index in [1.165, 1.54) is 11.8 Å². The molecule has 0 spiro atoms. The van der Waals surface area contributed by atoms with Gasteiger partial charge in [0, 0.05) is 10.6 Å². The van der Waals surface area contributed by atoms with Gasteiger partial charge in [-0.05, 0) is 50.2 Å². The third kappa shape index (κ3) is 3.83. The lowest BCUT2D eigenvalue weighted by Crippen LogP contribution is -2.22. The van der Waals surface area contributed by atoms with Gasteiger partial charge in [-0.15, -0.1) is 10.2 Å². The van der Waals surface area contributed by atoms with Crippen LogP contribution in [-0.2, 0) is 0 Å². The SMILES string of the molecule is Cc1ccc(-n2c(=O)c3ccccc3n3c(SC(C)C(=O)c4cccc(Cl)c4)nnc23)cc1. The van der Waals surface area contributed by atoms with Gasteiger partial charge >= 0.3 is 0 Å². The van der Waals surface area contributed by atoms with Crippen LogP contribution in [0.1, 0.15) is 22.8 Å². The zero-order valence-electron chi connectivity index (χ0n) is 17.9. The van der Waals surface area contributed by atoms with Crippen LogP contribution in [0.25, 0.3) is 22.4 Å². The third-order valence-electron chi connectivity index (χ3n) is 5.45. The van der Waals surface area contributed by atoms with Crippen molar-refractivity contribution in [3.05, 3.63) is 99.3 Å². The monoisotopic (exact) mass is 474 g/mol. The van der Waals surface area contributed by atoms with Gasteiger partial charge in [0.05, 0.1) is 21.8 Å². The van der Waals surface area contributed by atoms with Gasteiger partial charge in [0.2, 0.25) is 5.78 Å². The van der Waals surface area contributed by atoms with Gasteiger partial charge in [-0.25, -0.2) is 4.57 Å². The number of carbonyl (C=O) groups excluding carboxylic acids is 1. The fraction of sp³-hybridized carbons (Fsp3) is 0.120. The summed E-state index contributed by atoms with van der Waals surface area (Å²) in [5.41, 5.74) is 2.85. The van der Waals surface area contributed by atoms with Crippen LogP contribution in [0, 0.1) is 6.92 Å². The predicted molar refractivity (Wildman–Crippen MR) is 132 cm³/mol. The Morgan fingerprint density at radius 1 is 1.00 bits per heavy atom. The average Bonchev–Trinajstić information content (AvgIpc) is 3.23. The van der Waals surface area contributed by atoms with Gasteiger partial charge in [-0.1, -0.05) is 65.3 Å². The van der Waals surface area contributed by atoms with Crippen molar-refractivity contribution >= 4 is 45.8 Å². The zero-order chi connectivity index (χ0) is 23.1. The molecule has 0 amide bonds. The smallest absolute Gasteiger partial charge is 0.267 e. The molecule has 5 aromatic rings. The van der Waals surface area contributed by atoms with Crippen LogP contribution < -0.4 is 5.56 Å². The fourth-order valence-corrected chi connectivity index (χ4v) is 4.89. The minimum atomic E-state index is -0.436. The molecule has 0 N–H and O–H groups in total. The molecule has 0 bridgehead atoms. The molecule has 0 saturated heterocycles. The van der Waals surface area contributed by atoms with Gasteiger partial charge in [0.15, 0.2) is 10.9 Å². The number of halogens is 1. The molecule has 0 aliphatic carbocycles. The molecule has 3 aromatic carbocycles. The molecule has 0 fully saturated rings. The van der Waals surface area contributed by atoms with E-state index in [4.69, 9.17) is 11.6 Å². The fourth-order valence-electron chi connectivity index (χ4n) is 3.77. The largest absolute Gasteiger partial charge is 0.293 e. The number of fused-ring (bicyclic) bond motifs is 3. The summed E-state index contributed by atoms with van der Waals surface area (Å²) in [6.45, 7) is 3.82. The maximum atomic E-state index is 13.4. The highest BCUT2D eigenvalue weighted by atomic mass is 35.5.